The molecule has 2 saturated carbocycles. The Labute approximate surface area is 81.5 Å². The predicted molar refractivity (Wildman–Crippen MR) is 54.4 cm³/mol. The summed E-state index contributed by atoms with van der Waals surface area (Å²) in [6.07, 6.45) is 6.74. The second-order valence-electron chi connectivity index (χ2n) is 5.40. The molecule has 2 aliphatic rings. The van der Waals surface area contributed by atoms with Gasteiger partial charge in [-0.05, 0) is 55.3 Å². The van der Waals surface area contributed by atoms with Crippen LogP contribution >= 0.6 is 0 Å². The SMILES string of the molecule is CC1CCC2CCC2C1(C)CCO. The summed E-state index contributed by atoms with van der Waals surface area (Å²) in [4.78, 5) is 0. The van der Waals surface area contributed by atoms with Gasteiger partial charge in [0.2, 0.25) is 0 Å². The summed E-state index contributed by atoms with van der Waals surface area (Å²) in [5.74, 6) is 2.76. The van der Waals surface area contributed by atoms with Crippen LogP contribution in [-0.2, 0) is 0 Å². The van der Waals surface area contributed by atoms with Gasteiger partial charge in [0.25, 0.3) is 0 Å². The second-order valence-corrected chi connectivity index (χ2v) is 5.40. The van der Waals surface area contributed by atoms with Gasteiger partial charge in [-0.25, -0.2) is 0 Å². The zero-order valence-corrected chi connectivity index (χ0v) is 8.92. The fraction of sp³-hybridized carbons (Fsp3) is 1.00. The molecule has 0 radical (unpaired) electrons. The Balaban J connectivity index is 2.11. The Morgan fingerprint density at radius 1 is 1.23 bits per heavy atom. The lowest BCUT2D eigenvalue weighted by Gasteiger charge is -2.56. The van der Waals surface area contributed by atoms with Gasteiger partial charge in [0.05, 0.1) is 0 Å². The summed E-state index contributed by atoms with van der Waals surface area (Å²) in [5, 5.41) is 9.13. The van der Waals surface area contributed by atoms with E-state index in [1.807, 2.05) is 0 Å². The third kappa shape index (κ3) is 1.32. The van der Waals surface area contributed by atoms with Gasteiger partial charge in [0, 0.05) is 6.61 Å². The molecule has 76 valence electrons. The molecule has 1 N–H and O–H groups in total. The van der Waals surface area contributed by atoms with Crippen LogP contribution in [0.5, 0.6) is 0 Å². The molecule has 4 unspecified atom stereocenters. The van der Waals surface area contributed by atoms with Crippen LogP contribution < -0.4 is 0 Å². The largest absolute Gasteiger partial charge is 0.396 e. The van der Waals surface area contributed by atoms with Crippen molar-refractivity contribution in [1.29, 1.82) is 0 Å². The van der Waals surface area contributed by atoms with Gasteiger partial charge in [-0.3, -0.25) is 0 Å². The van der Waals surface area contributed by atoms with E-state index in [9.17, 15) is 0 Å². The van der Waals surface area contributed by atoms with Crippen LogP contribution in [0.2, 0.25) is 0 Å². The molecule has 0 aromatic carbocycles. The maximum atomic E-state index is 9.13. The third-order valence-electron chi connectivity index (χ3n) is 5.01. The molecule has 2 fully saturated rings. The first-order valence-electron chi connectivity index (χ1n) is 5.79. The Morgan fingerprint density at radius 3 is 2.46 bits per heavy atom. The molecule has 13 heavy (non-hydrogen) atoms. The van der Waals surface area contributed by atoms with Crippen LogP contribution in [0.3, 0.4) is 0 Å². The summed E-state index contributed by atoms with van der Waals surface area (Å²) < 4.78 is 0. The average Bonchev–Trinajstić information content (AvgIpc) is 2.00. The zero-order valence-electron chi connectivity index (χ0n) is 8.92. The number of fused-ring (bicyclic) bond motifs is 1. The minimum Gasteiger partial charge on any atom is -0.396 e. The van der Waals surface area contributed by atoms with Gasteiger partial charge in [-0.2, -0.15) is 0 Å². The van der Waals surface area contributed by atoms with Crippen LogP contribution in [0.15, 0.2) is 0 Å². The molecule has 1 heteroatoms. The summed E-state index contributed by atoms with van der Waals surface area (Å²) >= 11 is 0. The van der Waals surface area contributed by atoms with Crippen LogP contribution in [0.1, 0.15) is 46.0 Å². The minimum absolute atomic E-state index is 0.379. The van der Waals surface area contributed by atoms with Crippen molar-refractivity contribution in [3.8, 4) is 0 Å². The normalized spacial score (nSPS) is 49.6. The molecule has 1 nitrogen and oxygen atoms in total. The van der Waals surface area contributed by atoms with E-state index in [4.69, 9.17) is 5.11 Å². The predicted octanol–water partition coefficient (Wildman–Crippen LogP) is 2.83. The molecule has 0 bridgehead atoms. The van der Waals surface area contributed by atoms with Crippen molar-refractivity contribution in [3.63, 3.8) is 0 Å². The topological polar surface area (TPSA) is 20.2 Å². The van der Waals surface area contributed by atoms with Crippen LogP contribution in [0, 0.1) is 23.2 Å². The van der Waals surface area contributed by atoms with Gasteiger partial charge in [0.1, 0.15) is 0 Å². The van der Waals surface area contributed by atoms with E-state index in [1.54, 1.807) is 0 Å². The first-order valence-corrected chi connectivity index (χ1v) is 5.79. The van der Waals surface area contributed by atoms with Crippen molar-refractivity contribution in [2.45, 2.75) is 46.0 Å². The maximum Gasteiger partial charge on any atom is 0.0436 e. The summed E-state index contributed by atoms with van der Waals surface area (Å²) in [5.41, 5.74) is 0.454. The van der Waals surface area contributed by atoms with Crippen molar-refractivity contribution < 1.29 is 5.11 Å². The van der Waals surface area contributed by atoms with Crippen molar-refractivity contribution in [1.82, 2.24) is 0 Å². The van der Waals surface area contributed by atoms with Crippen molar-refractivity contribution in [2.75, 3.05) is 6.61 Å². The molecule has 0 aromatic rings. The standard InChI is InChI=1S/C12H22O/c1-9-3-4-10-5-6-11(10)12(9,2)7-8-13/h9-11,13H,3-8H2,1-2H3. The highest BCUT2D eigenvalue weighted by atomic mass is 16.3. The molecular weight excluding hydrogens is 160 g/mol. The lowest BCUT2D eigenvalue weighted by Crippen LogP contribution is -2.48. The van der Waals surface area contributed by atoms with Crippen molar-refractivity contribution in [3.05, 3.63) is 0 Å². The Hall–Kier alpha value is -0.0400. The van der Waals surface area contributed by atoms with E-state index in [0.29, 0.717) is 12.0 Å². The van der Waals surface area contributed by atoms with Crippen LogP contribution in [0.25, 0.3) is 0 Å². The Bertz CT molecular complexity index is 190. The van der Waals surface area contributed by atoms with E-state index in [1.165, 1.54) is 25.7 Å². The minimum atomic E-state index is 0.379. The molecular formula is C12H22O. The Morgan fingerprint density at radius 2 is 1.92 bits per heavy atom. The first-order chi connectivity index (χ1) is 6.18. The number of aliphatic hydroxyl groups is 1. The van der Waals surface area contributed by atoms with E-state index >= 15 is 0 Å². The highest BCUT2D eigenvalue weighted by Gasteiger charge is 2.49. The van der Waals surface area contributed by atoms with E-state index in [2.05, 4.69) is 13.8 Å². The third-order valence-corrected chi connectivity index (χ3v) is 5.01. The van der Waals surface area contributed by atoms with Gasteiger partial charge in [-0.1, -0.05) is 13.8 Å². The molecule has 0 heterocycles. The molecule has 0 aliphatic heterocycles. The van der Waals surface area contributed by atoms with Crippen LogP contribution in [0.4, 0.5) is 0 Å². The zero-order chi connectivity index (χ0) is 9.47. The molecule has 4 atom stereocenters. The van der Waals surface area contributed by atoms with Crippen molar-refractivity contribution in [2.24, 2.45) is 23.2 Å². The summed E-state index contributed by atoms with van der Waals surface area (Å²) in [6, 6.07) is 0. The lowest BCUT2D eigenvalue weighted by molar-refractivity contribution is -0.0699. The second kappa shape index (κ2) is 3.27. The quantitative estimate of drug-likeness (QED) is 0.696. The van der Waals surface area contributed by atoms with Gasteiger partial charge < -0.3 is 5.11 Å². The number of hydrogen-bond donors (Lipinski definition) is 1. The number of rotatable bonds is 2. The van der Waals surface area contributed by atoms with Gasteiger partial charge >= 0.3 is 0 Å². The molecule has 0 aromatic heterocycles. The lowest BCUT2D eigenvalue weighted by atomic mass is 9.49. The van der Waals surface area contributed by atoms with Gasteiger partial charge in [0.15, 0.2) is 0 Å². The van der Waals surface area contributed by atoms with Gasteiger partial charge in [-0.15, -0.1) is 0 Å². The monoisotopic (exact) mass is 182 g/mol. The molecule has 0 spiro atoms. The fourth-order valence-electron chi connectivity index (χ4n) is 3.61. The fourth-order valence-corrected chi connectivity index (χ4v) is 3.61. The van der Waals surface area contributed by atoms with Crippen molar-refractivity contribution >= 4 is 0 Å². The summed E-state index contributed by atoms with van der Waals surface area (Å²) in [7, 11) is 0. The smallest absolute Gasteiger partial charge is 0.0436 e. The number of aliphatic hydroxyl groups excluding tert-OH is 1. The highest BCUT2D eigenvalue weighted by molar-refractivity contribution is 4.99. The maximum absolute atomic E-state index is 9.13. The highest BCUT2D eigenvalue weighted by Crippen LogP contribution is 2.58. The summed E-state index contributed by atoms with van der Waals surface area (Å²) in [6.45, 7) is 5.16. The molecule has 2 aliphatic carbocycles. The molecule has 2 rings (SSSR count). The first kappa shape index (κ1) is 9.51. The van der Waals surface area contributed by atoms with E-state index in [-0.39, 0.29) is 0 Å². The van der Waals surface area contributed by atoms with E-state index in [0.717, 1.165) is 24.2 Å². The number of hydrogen-bond acceptors (Lipinski definition) is 1. The molecule has 0 amide bonds. The van der Waals surface area contributed by atoms with E-state index < -0.39 is 0 Å². The molecule has 0 saturated heterocycles. The van der Waals surface area contributed by atoms with Crippen LogP contribution in [-0.4, -0.2) is 11.7 Å². The Kier molecular flexibility index (Phi) is 2.39. The average molecular weight is 182 g/mol.